The molecule has 0 spiro atoms. The summed E-state index contributed by atoms with van der Waals surface area (Å²) in [5.41, 5.74) is -0.502. The first-order chi connectivity index (χ1) is 6.29. The van der Waals surface area contributed by atoms with Crippen molar-refractivity contribution in [2.45, 2.75) is 25.8 Å². The highest BCUT2D eigenvalue weighted by atomic mass is 16.1. The van der Waals surface area contributed by atoms with Crippen LogP contribution in [0.15, 0.2) is 24.3 Å². The molecular formula is C11H16NO. The van der Waals surface area contributed by atoms with Crippen LogP contribution in [0.5, 0.6) is 0 Å². The Morgan fingerprint density at radius 3 is 2.46 bits per heavy atom. The van der Waals surface area contributed by atoms with Gasteiger partial charge in [0.25, 0.3) is 0 Å². The molecule has 0 saturated heterocycles. The van der Waals surface area contributed by atoms with Crippen LogP contribution in [0, 0.1) is 0 Å². The Morgan fingerprint density at radius 1 is 1.38 bits per heavy atom. The quantitative estimate of drug-likeness (QED) is 0.653. The zero-order chi connectivity index (χ0) is 9.73. The Morgan fingerprint density at radius 2 is 2.08 bits per heavy atom. The van der Waals surface area contributed by atoms with Crippen LogP contribution in [0.25, 0.3) is 0 Å². The molecule has 0 heterocycles. The third-order valence-electron chi connectivity index (χ3n) is 2.55. The number of rotatable bonds is 4. The summed E-state index contributed by atoms with van der Waals surface area (Å²) in [5.74, 6) is 0. The van der Waals surface area contributed by atoms with Gasteiger partial charge >= 0.3 is 0 Å². The van der Waals surface area contributed by atoms with Crippen molar-refractivity contribution < 1.29 is 4.79 Å². The van der Waals surface area contributed by atoms with E-state index < -0.39 is 5.54 Å². The average Bonchev–Trinajstić information content (AvgIpc) is 2.21. The number of hydrogen-bond acceptors (Lipinski definition) is 2. The monoisotopic (exact) mass is 178 g/mol. The van der Waals surface area contributed by atoms with Gasteiger partial charge in [-0.2, -0.15) is 0 Å². The molecule has 1 radical (unpaired) electrons. The summed E-state index contributed by atoms with van der Waals surface area (Å²) < 4.78 is 0. The van der Waals surface area contributed by atoms with Crippen molar-refractivity contribution in [1.82, 2.24) is 4.90 Å². The van der Waals surface area contributed by atoms with Gasteiger partial charge in [0.1, 0.15) is 5.54 Å². The van der Waals surface area contributed by atoms with E-state index in [2.05, 4.69) is 25.0 Å². The van der Waals surface area contributed by atoms with Crippen molar-refractivity contribution in [2.24, 2.45) is 0 Å². The van der Waals surface area contributed by atoms with Crippen molar-refractivity contribution in [3.63, 3.8) is 0 Å². The maximum Gasteiger partial charge on any atom is 0.225 e. The van der Waals surface area contributed by atoms with Gasteiger partial charge in [0.05, 0.1) is 0 Å². The minimum absolute atomic E-state index is 0.502. The number of carbonyl (C=O) groups excluding carboxylic acids is 1. The lowest BCUT2D eigenvalue weighted by molar-refractivity contribution is 0.201. The smallest absolute Gasteiger partial charge is 0.225 e. The molecule has 1 atom stereocenters. The van der Waals surface area contributed by atoms with Crippen LogP contribution in [0.4, 0.5) is 0 Å². The van der Waals surface area contributed by atoms with E-state index in [9.17, 15) is 4.79 Å². The summed E-state index contributed by atoms with van der Waals surface area (Å²) in [7, 11) is 0. The second-order valence-corrected chi connectivity index (χ2v) is 3.19. The Kier molecular flexibility index (Phi) is 3.43. The van der Waals surface area contributed by atoms with Gasteiger partial charge < -0.3 is 0 Å². The topological polar surface area (TPSA) is 20.3 Å². The molecule has 0 bridgehead atoms. The van der Waals surface area contributed by atoms with Crippen LogP contribution in [-0.2, 0) is 4.79 Å². The van der Waals surface area contributed by atoms with Crippen LogP contribution in [0.1, 0.15) is 20.3 Å². The zero-order valence-corrected chi connectivity index (χ0v) is 8.29. The van der Waals surface area contributed by atoms with Gasteiger partial charge in [0.15, 0.2) is 0 Å². The van der Waals surface area contributed by atoms with Gasteiger partial charge in [-0.05, 0) is 19.5 Å². The molecule has 0 fully saturated rings. The average molecular weight is 178 g/mol. The van der Waals surface area contributed by atoms with Crippen LogP contribution in [0.3, 0.4) is 0 Å². The largest absolute Gasteiger partial charge is 0.288 e. The molecule has 0 saturated carbocycles. The predicted molar refractivity (Wildman–Crippen MR) is 54.2 cm³/mol. The highest BCUT2D eigenvalue weighted by molar-refractivity contribution is 5.70. The van der Waals surface area contributed by atoms with Crippen LogP contribution in [0.2, 0.25) is 0 Å². The maximum absolute atomic E-state index is 11.0. The van der Waals surface area contributed by atoms with Crippen LogP contribution in [-0.4, -0.2) is 29.8 Å². The first-order valence-electron chi connectivity index (χ1n) is 4.77. The summed E-state index contributed by atoms with van der Waals surface area (Å²) in [6, 6.07) is 0. The molecule has 2 nitrogen and oxygen atoms in total. The summed E-state index contributed by atoms with van der Waals surface area (Å²) in [5, 5.41) is 0. The molecule has 0 aliphatic heterocycles. The summed E-state index contributed by atoms with van der Waals surface area (Å²) >= 11 is 0. The molecule has 1 aliphatic rings. The van der Waals surface area contributed by atoms with Gasteiger partial charge in [-0.3, -0.25) is 9.69 Å². The fourth-order valence-electron chi connectivity index (χ4n) is 1.77. The molecule has 1 rings (SSSR count). The van der Waals surface area contributed by atoms with Crippen molar-refractivity contribution >= 4 is 6.29 Å². The van der Waals surface area contributed by atoms with E-state index in [1.165, 1.54) is 0 Å². The first-order valence-corrected chi connectivity index (χ1v) is 4.77. The summed E-state index contributed by atoms with van der Waals surface area (Å²) in [6.07, 6.45) is 10.8. The molecule has 0 amide bonds. The fourth-order valence-corrected chi connectivity index (χ4v) is 1.77. The van der Waals surface area contributed by atoms with E-state index in [1.807, 2.05) is 24.3 Å². The molecule has 1 unspecified atom stereocenters. The van der Waals surface area contributed by atoms with E-state index in [-0.39, 0.29) is 0 Å². The van der Waals surface area contributed by atoms with Crippen molar-refractivity contribution in [2.75, 3.05) is 13.1 Å². The van der Waals surface area contributed by atoms with Crippen LogP contribution >= 0.6 is 0 Å². The molecule has 0 aromatic rings. The number of likely N-dealkylation sites (N-methyl/N-ethyl adjacent to an activating group) is 1. The van der Waals surface area contributed by atoms with Gasteiger partial charge in [-0.15, -0.1) is 0 Å². The van der Waals surface area contributed by atoms with Crippen molar-refractivity contribution in [3.05, 3.63) is 24.3 Å². The van der Waals surface area contributed by atoms with Crippen LogP contribution < -0.4 is 0 Å². The molecule has 71 valence electrons. The SMILES string of the molecule is CCN(CC)C1([C]=O)C=CC=CC1. The molecular weight excluding hydrogens is 162 g/mol. The highest BCUT2D eigenvalue weighted by Crippen LogP contribution is 2.22. The lowest BCUT2D eigenvalue weighted by atomic mass is 9.91. The number of allylic oxidation sites excluding steroid dienone is 2. The zero-order valence-electron chi connectivity index (χ0n) is 8.29. The highest BCUT2D eigenvalue weighted by Gasteiger charge is 2.32. The summed E-state index contributed by atoms with van der Waals surface area (Å²) in [4.78, 5) is 13.1. The first kappa shape index (κ1) is 10.2. The number of hydrogen-bond donors (Lipinski definition) is 0. The minimum atomic E-state index is -0.502. The molecule has 0 aromatic carbocycles. The van der Waals surface area contributed by atoms with E-state index in [1.54, 1.807) is 0 Å². The predicted octanol–water partition coefficient (Wildman–Crippen LogP) is 1.69. The normalized spacial score (nSPS) is 26.7. The van der Waals surface area contributed by atoms with E-state index >= 15 is 0 Å². The van der Waals surface area contributed by atoms with E-state index in [4.69, 9.17) is 0 Å². The molecule has 13 heavy (non-hydrogen) atoms. The minimum Gasteiger partial charge on any atom is -0.288 e. The molecule has 1 aliphatic carbocycles. The van der Waals surface area contributed by atoms with Gasteiger partial charge in [-0.1, -0.05) is 38.2 Å². The van der Waals surface area contributed by atoms with Gasteiger partial charge in [0.2, 0.25) is 6.29 Å². The lowest BCUT2D eigenvalue weighted by Crippen LogP contribution is -2.48. The second kappa shape index (κ2) is 4.38. The Hall–Kier alpha value is -0.890. The van der Waals surface area contributed by atoms with E-state index in [0.717, 1.165) is 19.5 Å². The summed E-state index contributed by atoms with van der Waals surface area (Å²) in [6.45, 7) is 5.89. The van der Waals surface area contributed by atoms with Crippen molar-refractivity contribution in [3.8, 4) is 0 Å². The Balaban J connectivity index is 2.85. The Labute approximate surface area is 79.9 Å². The second-order valence-electron chi connectivity index (χ2n) is 3.19. The molecule has 0 aromatic heterocycles. The molecule has 0 N–H and O–H groups in total. The van der Waals surface area contributed by atoms with Gasteiger partial charge in [-0.25, -0.2) is 0 Å². The maximum atomic E-state index is 11.0. The standard InChI is InChI=1S/C11H16NO/c1-3-12(4-2)11(10-13)8-6-5-7-9-11/h5-8H,3-4,9H2,1-2H3. The third-order valence-corrected chi connectivity index (χ3v) is 2.55. The fraction of sp³-hybridized carbons (Fsp3) is 0.545. The van der Waals surface area contributed by atoms with Crippen molar-refractivity contribution in [1.29, 1.82) is 0 Å². The van der Waals surface area contributed by atoms with Gasteiger partial charge in [0, 0.05) is 0 Å². The molecule has 2 heteroatoms. The number of nitrogens with zero attached hydrogens (tertiary/aromatic N) is 1. The Bertz CT molecular complexity index is 228. The van der Waals surface area contributed by atoms with E-state index in [0.29, 0.717) is 0 Å². The third kappa shape index (κ3) is 1.89. The lowest BCUT2D eigenvalue weighted by Gasteiger charge is -2.36.